The van der Waals surface area contributed by atoms with E-state index in [9.17, 15) is 35.1 Å². The molecule has 1 aliphatic rings. The third-order valence-corrected chi connectivity index (χ3v) is 6.68. The van der Waals surface area contributed by atoms with Crippen molar-refractivity contribution < 1.29 is 35.1 Å². The average Bonchev–Trinajstić information content (AvgIpc) is 3.04. The van der Waals surface area contributed by atoms with Crippen molar-refractivity contribution in [2.45, 2.75) is 11.8 Å². The largest absolute Gasteiger partial charge is 0.507 e. The van der Waals surface area contributed by atoms with Crippen LogP contribution in [0.3, 0.4) is 0 Å². The molecule has 3 aromatic carbocycles. The standard InChI is InChI=1S/C24H20N2O7S/c1-24(15-10-11-18(29)21(31)20(15)30)26(25-22(32)14-7-3-5-9-17(14)28)23(33)19(34-24)12-13-6-2-4-8-16(13)27/h2-12,27-31H,1H3,(H,25,32)/b19-12-. The van der Waals surface area contributed by atoms with Crippen LogP contribution in [0.5, 0.6) is 28.7 Å². The van der Waals surface area contributed by atoms with Crippen LogP contribution in [0, 0.1) is 0 Å². The Labute approximate surface area is 198 Å². The summed E-state index contributed by atoms with van der Waals surface area (Å²) in [6, 6.07) is 14.6. The van der Waals surface area contributed by atoms with E-state index >= 15 is 0 Å². The summed E-state index contributed by atoms with van der Waals surface area (Å²) in [7, 11) is 0. The Morgan fingerprint density at radius 2 is 1.53 bits per heavy atom. The van der Waals surface area contributed by atoms with Crippen LogP contribution in [-0.4, -0.2) is 42.4 Å². The van der Waals surface area contributed by atoms with Crippen molar-refractivity contribution in [2.75, 3.05) is 0 Å². The van der Waals surface area contributed by atoms with Crippen LogP contribution in [0.2, 0.25) is 0 Å². The predicted octanol–water partition coefficient (Wildman–Crippen LogP) is 3.35. The van der Waals surface area contributed by atoms with Gasteiger partial charge in [-0.2, -0.15) is 0 Å². The monoisotopic (exact) mass is 480 g/mol. The number of carbonyl (C=O) groups is 2. The number of amides is 2. The van der Waals surface area contributed by atoms with E-state index < -0.39 is 33.9 Å². The van der Waals surface area contributed by atoms with Crippen LogP contribution in [0.4, 0.5) is 0 Å². The number of phenolic OH excluding ortho intramolecular Hbond substituents is 5. The minimum atomic E-state index is -1.48. The zero-order valence-electron chi connectivity index (χ0n) is 17.8. The first-order chi connectivity index (χ1) is 16.1. The lowest BCUT2D eigenvalue weighted by Gasteiger charge is -2.34. The molecule has 1 fully saturated rings. The van der Waals surface area contributed by atoms with Crippen LogP contribution in [-0.2, 0) is 9.67 Å². The third kappa shape index (κ3) is 3.84. The summed E-state index contributed by atoms with van der Waals surface area (Å²) in [6.07, 6.45) is 1.43. The normalized spacial score (nSPS) is 18.9. The van der Waals surface area contributed by atoms with Crippen molar-refractivity contribution in [1.29, 1.82) is 0 Å². The fourth-order valence-corrected chi connectivity index (χ4v) is 4.84. The van der Waals surface area contributed by atoms with Crippen molar-refractivity contribution in [1.82, 2.24) is 10.4 Å². The van der Waals surface area contributed by atoms with Crippen molar-refractivity contribution in [3.63, 3.8) is 0 Å². The van der Waals surface area contributed by atoms with Gasteiger partial charge in [-0.3, -0.25) is 15.0 Å². The lowest BCUT2D eigenvalue weighted by atomic mass is 10.0. The molecule has 1 heterocycles. The molecule has 174 valence electrons. The summed E-state index contributed by atoms with van der Waals surface area (Å²) in [5.41, 5.74) is 2.77. The van der Waals surface area contributed by atoms with Gasteiger partial charge in [0.15, 0.2) is 11.5 Å². The number of thioether (sulfide) groups is 1. The molecule has 0 saturated carbocycles. The molecule has 0 bridgehead atoms. The molecule has 0 spiro atoms. The van der Waals surface area contributed by atoms with E-state index in [-0.39, 0.29) is 27.5 Å². The first-order valence-corrected chi connectivity index (χ1v) is 10.8. The highest BCUT2D eigenvalue weighted by Crippen LogP contribution is 2.55. The maximum absolute atomic E-state index is 13.4. The molecule has 9 nitrogen and oxygen atoms in total. The molecule has 34 heavy (non-hydrogen) atoms. The fraction of sp³-hybridized carbons (Fsp3) is 0.0833. The van der Waals surface area contributed by atoms with Gasteiger partial charge >= 0.3 is 0 Å². The van der Waals surface area contributed by atoms with Gasteiger partial charge in [-0.05, 0) is 43.3 Å². The lowest BCUT2D eigenvalue weighted by molar-refractivity contribution is -0.131. The first-order valence-electron chi connectivity index (χ1n) is 10.00. The summed E-state index contributed by atoms with van der Waals surface area (Å²) >= 11 is 0.952. The molecule has 0 aromatic heterocycles. The molecule has 10 heteroatoms. The summed E-state index contributed by atoms with van der Waals surface area (Å²) in [6.45, 7) is 1.53. The first kappa shape index (κ1) is 22.9. The number of para-hydroxylation sites is 2. The van der Waals surface area contributed by atoms with Gasteiger partial charge in [0.05, 0.1) is 10.5 Å². The van der Waals surface area contributed by atoms with Crippen molar-refractivity contribution in [3.8, 4) is 28.7 Å². The average molecular weight is 480 g/mol. The number of carbonyl (C=O) groups excluding carboxylic acids is 2. The van der Waals surface area contributed by atoms with Gasteiger partial charge in [0, 0.05) is 11.1 Å². The van der Waals surface area contributed by atoms with E-state index in [1.54, 1.807) is 24.3 Å². The van der Waals surface area contributed by atoms with E-state index in [4.69, 9.17) is 0 Å². The lowest BCUT2D eigenvalue weighted by Crippen LogP contribution is -2.51. The van der Waals surface area contributed by atoms with Gasteiger partial charge in [0.1, 0.15) is 16.4 Å². The Morgan fingerprint density at radius 1 is 0.882 bits per heavy atom. The Hall–Kier alpha value is -4.31. The minimum absolute atomic E-state index is 0.0272. The van der Waals surface area contributed by atoms with E-state index in [2.05, 4.69) is 5.43 Å². The number of hydrogen-bond donors (Lipinski definition) is 6. The van der Waals surface area contributed by atoms with Gasteiger partial charge in [0.25, 0.3) is 11.8 Å². The maximum Gasteiger partial charge on any atom is 0.280 e. The van der Waals surface area contributed by atoms with Gasteiger partial charge in [0.2, 0.25) is 5.75 Å². The molecular formula is C24H20N2O7S. The summed E-state index contributed by atoms with van der Waals surface area (Å²) in [4.78, 5) is 25.0. The minimum Gasteiger partial charge on any atom is -0.507 e. The number of hydrogen-bond acceptors (Lipinski definition) is 8. The van der Waals surface area contributed by atoms with Gasteiger partial charge in [-0.15, -0.1) is 0 Å². The van der Waals surface area contributed by atoms with Gasteiger partial charge in [-0.25, -0.2) is 5.01 Å². The molecule has 3 aromatic rings. The zero-order valence-corrected chi connectivity index (χ0v) is 18.6. The topological polar surface area (TPSA) is 151 Å². The third-order valence-electron chi connectivity index (χ3n) is 5.36. The number of nitrogens with one attached hydrogen (secondary N) is 1. The van der Waals surface area contributed by atoms with E-state index in [1.165, 1.54) is 43.3 Å². The number of phenols is 5. The van der Waals surface area contributed by atoms with E-state index in [0.717, 1.165) is 22.8 Å². The second-order valence-corrected chi connectivity index (χ2v) is 9.02. The molecule has 0 radical (unpaired) electrons. The number of rotatable bonds is 4. The van der Waals surface area contributed by atoms with Crippen molar-refractivity contribution in [2.24, 2.45) is 0 Å². The van der Waals surface area contributed by atoms with Crippen LogP contribution in [0.15, 0.2) is 65.6 Å². The number of benzene rings is 3. The zero-order chi connectivity index (χ0) is 24.6. The van der Waals surface area contributed by atoms with Crippen LogP contribution < -0.4 is 5.43 Å². The molecule has 4 rings (SSSR count). The second kappa shape index (κ2) is 8.56. The maximum atomic E-state index is 13.4. The van der Waals surface area contributed by atoms with Crippen LogP contribution in [0.25, 0.3) is 6.08 Å². The Bertz CT molecular complexity index is 1340. The number of aromatic hydroxyl groups is 5. The Balaban J connectivity index is 1.82. The predicted molar refractivity (Wildman–Crippen MR) is 125 cm³/mol. The molecule has 6 N–H and O–H groups in total. The highest BCUT2D eigenvalue weighted by Gasteiger charge is 2.50. The van der Waals surface area contributed by atoms with Crippen LogP contribution in [0.1, 0.15) is 28.4 Å². The highest BCUT2D eigenvalue weighted by molar-refractivity contribution is 8.05. The second-order valence-electron chi connectivity index (χ2n) is 7.58. The van der Waals surface area contributed by atoms with Crippen molar-refractivity contribution in [3.05, 3.63) is 82.3 Å². The summed E-state index contributed by atoms with van der Waals surface area (Å²) in [5.74, 6) is -3.82. The number of hydrazine groups is 1. The molecule has 0 aliphatic carbocycles. The smallest absolute Gasteiger partial charge is 0.280 e. The molecule has 1 saturated heterocycles. The molecule has 1 aliphatic heterocycles. The SMILES string of the molecule is CC1(c2ccc(O)c(O)c2O)S/C(=C\c2ccccc2O)C(=O)N1NC(=O)c1ccccc1O. The van der Waals surface area contributed by atoms with E-state index in [0.29, 0.717) is 5.56 Å². The highest BCUT2D eigenvalue weighted by atomic mass is 32.2. The quantitative estimate of drug-likeness (QED) is 0.246. The van der Waals surface area contributed by atoms with E-state index in [1.807, 2.05) is 0 Å². The molecule has 2 amide bonds. The molecular weight excluding hydrogens is 460 g/mol. The Kier molecular flexibility index (Phi) is 5.76. The molecule has 1 atom stereocenters. The van der Waals surface area contributed by atoms with Crippen molar-refractivity contribution >= 4 is 29.7 Å². The van der Waals surface area contributed by atoms with Gasteiger partial charge in [-0.1, -0.05) is 42.1 Å². The fourth-order valence-electron chi connectivity index (χ4n) is 3.55. The number of nitrogens with zero attached hydrogens (tertiary/aromatic N) is 1. The summed E-state index contributed by atoms with van der Waals surface area (Å²) < 4.78 is 0. The van der Waals surface area contributed by atoms with Gasteiger partial charge < -0.3 is 25.5 Å². The van der Waals surface area contributed by atoms with Crippen LogP contribution >= 0.6 is 11.8 Å². The molecule has 1 unspecified atom stereocenters. The Morgan fingerprint density at radius 3 is 2.21 bits per heavy atom. The summed E-state index contributed by atoms with van der Waals surface area (Å²) in [5, 5.41) is 51.5.